The molecule has 6 nitrogen and oxygen atoms in total. The fourth-order valence-electron chi connectivity index (χ4n) is 1.49. The van der Waals surface area contributed by atoms with Gasteiger partial charge in [0, 0.05) is 18.7 Å². The van der Waals surface area contributed by atoms with E-state index in [0.717, 1.165) is 6.07 Å². The van der Waals surface area contributed by atoms with Crippen LogP contribution < -0.4 is 16.2 Å². The number of carbonyl (C=O) groups is 1. The van der Waals surface area contributed by atoms with E-state index in [9.17, 15) is 17.6 Å². The van der Waals surface area contributed by atoms with Gasteiger partial charge in [0.15, 0.2) is 5.82 Å². The lowest BCUT2D eigenvalue weighted by atomic mass is 10.2. The zero-order valence-corrected chi connectivity index (χ0v) is 12.9. The summed E-state index contributed by atoms with van der Waals surface area (Å²) in [7, 11) is -3.99. The Kier molecular flexibility index (Phi) is 5.90. The minimum atomic E-state index is -3.99. The molecule has 0 spiro atoms. The van der Waals surface area contributed by atoms with Gasteiger partial charge in [-0.2, -0.15) is 0 Å². The highest BCUT2D eigenvalue weighted by Crippen LogP contribution is 2.25. The Hall–Kier alpha value is -1.19. The third-order valence-corrected chi connectivity index (χ3v) is 4.49. The number of nitrogens with two attached hydrogens (primary N) is 2. The van der Waals surface area contributed by atoms with Crippen molar-refractivity contribution in [2.24, 2.45) is 5.73 Å². The SMILES string of the molecule is NC(=O)CCCCNS(=O)(=O)c1cc(N)cc(Br)c1F. The van der Waals surface area contributed by atoms with E-state index in [0.29, 0.717) is 12.8 Å². The molecule has 5 N–H and O–H groups in total. The minimum absolute atomic E-state index is 0.0217. The molecule has 0 heterocycles. The third-order valence-electron chi connectivity index (χ3n) is 2.45. The smallest absolute Gasteiger partial charge is 0.243 e. The van der Waals surface area contributed by atoms with Gasteiger partial charge in [0.1, 0.15) is 4.90 Å². The molecule has 0 bridgehead atoms. The van der Waals surface area contributed by atoms with Crippen molar-refractivity contribution in [1.82, 2.24) is 4.72 Å². The second-order valence-electron chi connectivity index (χ2n) is 4.14. The van der Waals surface area contributed by atoms with Gasteiger partial charge in [-0.3, -0.25) is 4.79 Å². The number of hydrogen-bond acceptors (Lipinski definition) is 4. The molecule has 9 heteroatoms. The third kappa shape index (κ3) is 4.73. The van der Waals surface area contributed by atoms with E-state index in [4.69, 9.17) is 11.5 Å². The van der Waals surface area contributed by atoms with Crippen LogP contribution in [0.15, 0.2) is 21.5 Å². The lowest BCUT2D eigenvalue weighted by Gasteiger charge is -2.09. The summed E-state index contributed by atoms with van der Waals surface area (Å²) in [5.41, 5.74) is 10.6. The summed E-state index contributed by atoms with van der Waals surface area (Å²) >= 11 is 2.90. The molecule has 0 atom stereocenters. The summed E-state index contributed by atoms with van der Waals surface area (Å²) < 4.78 is 39.9. The minimum Gasteiger partial charge on any atom is -0.399 e. The predicted octanol–water partition coefficient (Wildman–Crippen LogP) is 1.10. The standard InChI is InChI=1S/C11H15BrFN3O3S/c12-8-5-7(14)6-9(11(8)13)20(18,19)16-4-2-1-3-10(15)17/h5-6,16H,1-4,14H2,(H2,15,17). The second-order valence-corrected chi connectivity index (χ2v) is 6.73. The molecule has 1 rings (SSSR count). The van der Waals surface area contributed by atoms with Crippen molar-refractivity contribution in [3.63, 3.8) is 0 Å². The first-order valence-electron chi connectivity index (χ1n) is 5.76. The van der Waals surface area contributed by atoms with Crippen LogP contribution in [0.25, 0.3) is 0 Å². The summed E-state index contributed by atoms with van der Waals surface area (Å²) in [5.74, 6) is -1.34. The maximum Gasteiger partial charge on any atom is 0.243 e. The average molecular weight is 368 g/mol. The maximum atomic E-state index is 13.8. The van der Waals surface area contributed by atoms with E-state index in [1.54, 1.807) is 0 Å². The molecular formula is C11H15BrFN3O3S. The van der Waals surface area contributed by atoms with Crippen molar-refractivity contribution in [2.45, 2.75) is 24.2 Å². The van der Waals surface area contributed by atoms with E-state index in [2.05, 4.69) is 20.7 Å². The first-order valence-corrected chi connectivity index (χ1v) is 8.04. The number of unbranched alkanes of at least 4 members (excludes halogenated alkanes) is 1. The zero-order chi connectivity index (χ0) is 15.3. The Balaban J connectivity index is 2.72. The van der Waals surface area contributed by atoms with Crippen LogP contribution in [0.4, 0.5) is 10.1 Å². The number of carbonyl (C=O) groups excluding carboxylic acids is 1. The first-order chi connectivity index (χ1) is 9.24. The van der Waals surface area contributed by atoms with Crippen LogP contribution in [0.5, 0.6) is 0 Å². The molecule has 0 aliphatic carbocycles. The summed E-state index contributed by atoms with van der Waals surface area (Å²) in [6.45, 7) is 0.0848. The van der Waals surface area contributed by atoms with Gasteiger partial charge >= 0.3 is 0 Å². The number of benzene rings is 1. The van der Waals surface area contributed by atoms with Gasteiger partial charge in [0.2, 0.25) is 15.9 Å². The molecule has 0 aromatic heterocycles. The summed E-state index contributed by atoms with van der Waals surface area (Å²) in [6.07, 6.45) is 1.06. The van der Waals surface area contributed by atoms with Crippen molar-refractivity contribution in [3.8, 4) is 0 Å². The summed E-state index contributed by atoms with van der Waals surface area (Å²) in [5, 5.41) is 0. The molecule has 0 fully saturated rings. The Labute approximate surface area is 124 Å². The Morgan fingerprint density at radius 2 is 2.00 bits per heavy atom. The number of rotatable bonds is 7. The summed E-state index contributed by atoms with van der Waals surface area (Å²) in [4.78, 5) is 10.0. The second kappa shape index (κ2) is 7.00. The Morgan fingerprint density at radius 3 is 2.60 bits per heavy atom. The number of nitrogens with one attached hydrogen (secondary N) is 1. The van der Waals surface area contributed by atoms with Gasteiger partial charge in [-0.25, -0.2) is 17.5 Å². The number of hydrogen-bond donors (Lipinski definition) is 3. The average Bonchev–Trinajstić information content (AvgIpc) is 2.32. The van der Waals surface area contributed by atoms with Crippen LogP contribution in [-0.2, 0) is 14.8 Å². The number of sulfonamides is 1. The Bertz CT molecular complexity index is 607. The van der Waals surface area contributed by atoms with Crippen LogP contribution in [-0.4, -0.2) is 20.9 Å². The van der Waals surface area contributed by atoms with Crippen molar-refractivity contribution in [3.05, 3.63) is 22.4 Å². The van der Waals surface area contributed by atoms with Crippen LogP contribution in [0.2, 0.25) is 0 Å². The monoisotopic (exact) mass is 367 g/mol. The highest BCUT2D eigenvalue weighted by Gasteiger charge is 2.21. The molecule has 1 amide bonds. The topological polar surface area (TPSA) is 115 Å². The lowest BCUT2D eigenvalue weighted by Crippen LogP contribution is -2.26. The van der Waals surface area contributed by atoms with E-state index in [1.165, 1.54) is 6.07 Å². The molecule has 1 aromatic carbocycles. The molecule has 1 aromatic rings. The van der Waals surface area contributed by atoms with E-state index in [-0.39, 0.29) is 23.1 Å². The molecule has 20 heavy (non-hydrogen) atoms. The zero-order valence-electron chi connectivity index (χ0n) is 10.5. The Morgan fingerprint density at radius 1 is 1.35 bits per heavy atom. The molecule has 0 radical (unpaired) electrons. The normalized spacial score (nSPS) is 11.5. The first kappa shape index (κ1) is 16.9. The van der Waals surface area contributed by atoms with Crippen molar-refractivity contribution >= 4 is 37.5 Å². The van der Waals surface area contributed by atoms with Gasteiger partial charge in [0.05, 0.1) is 4.47 Å². The van der Waals surface area contributed by atoms with Crippen LogP contribution >= 0.6 is 15.9 Å². The highest BCUT2D eigenvalue weighted by molar-refractivity contribution is 9.10. The van der Waals surface area contributed by atoms with Crippen molar-refractivity contribution in [2.75, 3.05) is 12.3 Å². The molecule has 0 saturated heterocycles. The fourth-order valence-corrected chi connectivity index (χ4v) is 3.30. The predicted molar refractivity (Wildman–Crippen MR) is 76.7 cm³/mol. The van der Waals surface area contributed by atoms with Crippen molar-refractivity contribution < 1.29 is 17.6 Å². The maximum absolute atomic E-state index is 13.8. The van der Waals surface area contributed by atoms with Crippen LogP contribution in [0, 0.1) is 5.82 Å². The fraction of sp³-hybridized carbons (Fsp3) is 0.364. The van der Waals surface area contributed by atoms with E-state index >= 15 is 0 Å². The lowest BCUT2D eigenvalue weighted by molar-refractivity contribution is -0.118. The molecule has 0 aliphatic heterocycles. The largest absolute Gasteiger partial charge is 0.399 e. The quantitative estimate of drug-likeness (QED) is 0.494. The molecule has 112 valence electrons. The van der Waals surface area contributed by atoms with E-state index < -0.39 is 26.6 Å². The highest BCUT2D eigenvalue weighted by atomic mass is 79.9. The molecule has 0 unspecified atom stereocenters. The van der Waals surface area contributed by atoms with Gasteiger partial charge in [-0.15, -0.1) is 0 Å². The number of nitrogen functional groups attached to an aromatic ring is 1. The van der Waals surface area contributed by atoms with Crippen LogP contribution in [0.3, 0.4) is 0 Å². The molecular weight excluding hydrogens is 353 g/mol. The number of anilines is 1. The summed E-state index contributed by atoms with van der Waals surface area (Å²) in [6, 6.07) is 2.33. The molecule has 0 saturated carbocycles. The number of primary amides is 1. The van der Waals surface area contributed by atoms with Gasteiger partial charge in [-0.1, -0.05) is 0 Å². The number of halogens is 2. The number of amides is 1. The van der Waals surface area contributed by atoms with Gasteiger partial charge < -0.3 is 11.5 Å². The van der Waals surface area contributed by atoms with Gasteiger partial charge in [-0.05, 0) is 40.9 Å². The molecule has 0 aliphatic rings. The van der Waals surface area contributed by atoms with Crippen molar-refractivity contribution in [1.29, 1.82) is 0 Å². The van der Waals surface area contributed by atoms with E-state index in [1.807, 2.05) is 0 Å². The van der Waals surface area contributed by atoms with Gasteiger partial charge in [0.25, 0.3) is 0 Å². The van der Waals surface area contributed by atoms with Crippen LogP contribution in [0.1, 0.15) is 19.3 Å².